The molecule has 1 fully saturated rings. The molecule has 1 aliphatic rings. The van der Waals surface area contributed by atoms with Gasteiger partial charge in [-0.2, -0.15) is 0 Å². The highest BCUT2D eigenvalue weighted by Crippen LogP contribution is 2.33. The van der Waals surface area contributed by atoms with E-state index in [-0.39, 0.29) is 0 Å². The van der Waals surface area contributed by atoms with Gasteiger partial charge in [-0.05, 0) is 49.2 Å². The number of aromatic amines is 1. The van der Waals surface area contributed by atoms with Crippen LogP contribution in [0.5, 0.6) is 0 Å². The van der Waals surface area contributed by atoms with Crippen molar-refractivity contribution in [1.29, 1.82) is 0 Å². The molecule has 5 nitrogen and oxygen atoms in total. The van der Waals surface area contributed by atoms with Gasteiger partial charge in [0.25, 0.3) is 0 Å². The number of likely N-dealkylation sites (tertiary alicyclic amines) is 1. The molecule has 0 aliphatic carbocycles. The molecular formula is C19H22ClN5. The van der Waals surface area contributed by atoms with Crippen molar-refractivity contribution in [2.75, 3.05) is 25.5 Å². The van der Waals surface area contributed by atoms with Crippen LogP contribution in [-0.2, 0) is 6.54 Å². The molecular weight excluding hydrogens is 334 g/mol. The molecule has 2 aromatic heterocycles. The fourth-order valence-electron chi connectivity index (χ4n) is 3.49. The van der Waals surface area contributed by atoms with Gasteiger partial charge in [0.05, 0.1) is 17.1 Å². The smallest absolute Gasteiger partial charge is 0.127 e. The summed E-state index contributed by atoms with van der Waals surface area (Å²) < 4.78 is 0. The molecule has 3 aromatic rings. The number of hydrogen-bond acceptors (Lipinski definition) is 4. The summed E-state index contributed by atoms with van der Waals surface area (Å²) >= 11 is 6.09. The molecule has 1 aromatic carbocycles. The molecule has 1 saturated heterocycles. The maximum atomic E-state index is 6.09. The Kier molecular flexibility index (Phi) is 4.36. The number of benzene rings is 1. The molecule has 0 amide bonds. The number of nitrogens with one attached hydrogen (secondary N) is 1. The Hall–Kier alpha value is -2.11. The summed E-state index contributed by atoms with van der Waals surface area (Å²) in [5.41, 5.74) is 3.21. The van der Waals surface area contributed by atoms with Gasteiger partial charge < -0.3 is 9.88 Å². The average Bonchev–Trinajstić information content (AvgIpc) is 3.21. The minimum atomic E-state index is 0.319. The highest BCUT2D eigenvalue weighted by atomic mass is 35.5. The third-order valence-electron chi connectivity index (χ3n) is 4.79. The number of aromatic nitrogens is 3. The van der Waals surface area contributed by atoms with Crippen LogP contribution in [0.15, 0.2) is 36.5 Å². The number of anilines is 1. The van der Waals surface area contributed by atoms with Gasteiger partial charge in [-0.3, -0.25) is 4.90 Å². The molecule has 1 N–H and O–H groups in total. The summed E-state index contributed by atoms with van der Waals surface area (Å²) in [6.45, 7) is 1.97. The second kappa shape index (κ2) is 6.65. The first-order valence-electron chi connectivity index (χ1n) is 8.61. The molecule has 130 valence electrons. The summed E-state index contributed by atoms with van der Waals surface area (Å²) in [4.78, 5) is 17.3. The number of H-pyrrole nitrogens is 1. The molecule has 0 unspecified atom stereocenters. The first-order valence-corrected chi connectivity index (χ1v) is 8.99. The Balaban J connectivity index is 1.55. The van der Waals surface area contributed by atoms with E-state index in [0.29, 0.717) is 6.04 Å². The lowest BCUT2D eigenvalue weighted by molar-refractivity contribution is 0.241. The van der Waals surface area contributed by atoms with Gasteiger partial charge in [0.2, 0.25) is 0 Å². The van der Waals surface area contributed by atoms with Crippen molar-refractivity contribution in [1.82, 2.24) is 19.9 Å². The largest absolute Gasteiger partial charge is 0.363 e. The SMILES string of the molecule is CN(C)c1ccc(CN2CCC[C@H]2c2nc3ccc(Cl)cc3[nH]2)cn1. The predicted molar refractivity (Wildman–Crippen MR) is 102 cm³/mol. The lowest BCUT2D eigenvalue weighted by Gasteiger charge is -2.23. The van der Waals surface area contributed by atoms with Crippen molar-refractivity contribution in [3.63, 3.8) is 0 Å². The molecule has 4 rings (SSSR count). The normalized spacial score (nSPS) is 18.1. The van der Waals surface area contributed by atoms with Crippen molar-refractivity contribution in [3.8, 4) is 0 Å². The fourth-order valence-corrected chi connectivity index (χ4v) is 3.67. The second-order valence-corrected chi connectivity index (χ2v) is 7.27. The summed E-state index contributed by atoms with van der Waals surface area (Å²) in [6, 6.07) is 10.4. The number of rotatable bonds is 4. The lowest BCUT2D eigenvalue weighted by atomic mass is 10.2. The third kappa shape index (κ3) is 3.34. The number of halogens is 1. The van der Waals surface area contributed by atoms with E-state index in [0.717, 1.165) is 47.2 Å². The van der Waals surface area contributed by atoms with E-state index in [9.17, 15) is 0 Å². The number of hydrogen-bond donors (Lipinski definition) is 1. The Labute approximate surface area is 152 Å². The second-order valence-electron chi connectivity index (χ2n) is 6.83. The molecule has 1 aliphatic heterocycles. The molecule has 0 spiro atoms. The van der Waals surface area contributed by atoms with E-state index in [4.69, 9.17) is 16.6 Å². The predicted octanol–water partition coefficient (Wildman–Crippen LogP) is 4.01. The van der Waals surface area contributed by atoms with Crippen molar-refractivity contribution in [2.45, 2.75) is 25.4 Å². The van der Waals surface area contributed by atoms with E-state index in [1.165, 1.54) is 12.0 Å². The average molecular weight is 356 g/mol. The van der Waals surface area contributed by atoms with Crippen LogP contribution < -0.4 is 4.90 Å². The number of pyridine rings is 1. The maximum absolute atomic E-state index is 6.09. The van der Waals surface area contributed by atoms with Gasteiger partial charge in [0.1, 0.15) is 11.6 Å². The molecule has 1 atom stereocenters. The van der Waals surface area contributed by atoms with Crippen LogP contribution in [0.2, 0.25) is 5.02 Å². The topological polar surface area (TPSA) is 48.0 Å². The van der Waals surface area contributed by atoms with E-state index in [1.54, 1.807) is 0 Å². The van der Waals surface area contributed by atoms with Gasteiger partial charge in [0, 0.05) is 31.9 Å². The zero-order valence-corrected chi connectivity index (χ0v) is 15.3. The van der Waals surface area contributed by atoms with Crippen LogP contribution in [0.25, 0.3) is 11.0 Å². The van der Waals surface area contributed by atoms with Crippen molar-refractivity contribution >= 4 is 28.5 Å². The van der Waals surface area contributed by atoms with E-state index in [1.807, 2.05) is 43.4 Å². The van der Waals surface area contributed by atoms with Gasteiger partial charge >= 0.3 is 0 Å². The minimum absolute atomic E-state index is 0.319. The Morgan fingerprint density at radius 1 is 1.28 bits per heavy atom. The van der Waals surface area contributed by atoms with Crippen LogP contribution in [0.3, 0.4) is 0 Å². The van der Waals surface area contributed by atoms with Gasteiger partial charge in [-0.1, -0.05) is 17.7 Å². The maximum Gasteiger partial charge on any atom is 0.127 e. The molecule has 0 radical (unpaired) electrons. The first-order chi connectivity index (χ1) is 12.1. The highest BCUT2D eigenvalue weighted by molar-refractivity contribution is 6.31. The van der Waals surface area contributed by atoms with Crippen LogP contribution in [0, 0.1) is 0 Å². The first kappa shape index (κ1) is 16.4. The zero-order chi connectivity index (χ0) is 17.4. The number of fused-ring (bicyclic) bond motifs is 1. The molecule has 0 bridgehead atoms. The third-order valence-corrected chi connectivity index (χ3v) is 5.03. The van der Waals surface area contributed by atoms with Gasteiger partial charge in [-0.15, -0.1) is 0 Å². The van der Waals surface area contributed by atoms with Crippen LogP contribution in [-0.4, -0.2) is 40.5 Å². The highest BCUT2D eigenvalue weighted by Gasteiger charge is 2.28. The molecule has 3 heterocycles. The molecule has 25 heavy (non-hydrogen) atoms. The minimum Gasteiger partial charge on any atom is -0.363 e. The fraction of sp³-hybridized carbons (Fsp3) is 0.368. The summed E-state index contributed by atoms with van der Waals surface area (Å²) in [5, 5.41) is 0.734. The monoisotopic (exact) mass is 355 g/mol. The summed E-state index contributed by atoms with van der Waals surface area (Å²) in [6.07, 6.45) is 4.28. The van der Waals surface area contributed by atoms with Crippen LogP contribution in [0.1, 0.15) is 30.3 Å². The van der Waals surface area contributed by atoms with Crippen LogP contribution in [0.4, 0.5) is 5.82 Å². The molecule has 0 saturated carbocycles. The van der Waals surface area contributed by atoms with E-state index in [2.05, 4.69) is 27.0 Å². The Morgan fingerprint density at radius 3 is 2.92 bits per heavy atom. The van der Waals surface area contributed by atoms with Crippen molar-refractivity contribution in [3.05, 3.63) is 52.9 Å². The van der Waals surface area contributed by atoms with Crippen molar-refractivity contribution < 1.29 is 0 Å². The van der Waals surface area contributed by atoms with Crippen molar-refractivity contribution in [2.24, 2.45) is 0 Å². The lowest BCUT2D eigenvalue weighted by Crippen LogP contribution is -2.23. The number of imidazole rings is 1. The molecule has 6 heteroatoms. The Bertz CT molecular complexity index is 871. The quantitative estimate of drug-likeness (QED) is 0.768. The summed E-state index contributed by atoms with van der Waals surface area (Å²) in [5.74, 6) is 2.02. The summed E-state index contributed by atoms with van der Waals surface area (Å²) in [7, 11) is 4.01. The van der Waals surface area contributed by atoms with E-state index < -0.39 is 0 Å². The Morgan fingerprint density at radius 2 is 2.16 bits per heavy atom. The van der Waals surface area contributed by atoms with E-state index >= 15 is 0 Å². The standard InChI is InChI=1S/C19H22ClN5/c1-24(2)18-8-5-13(11-21-18)12-25-9-3-4-17(25)19-22-15-7-6-14(20)10-16(15)23-19/h5-8,10-11,17H,3-4,9,12H2,1-2H3,(H,22,23)/t17-/m0/s1. The van der Waals surface area contributed by atoms with Crippen LogP contribution >= 0.6 is 11.6 Å². The zero-order valence-electron chi connectivity index (χ0n) is 14.5. The van der Waals surface area contributed by atoms with Gasteiger partial charge in [0.15, 0.2) is 0 Å². The number of nitrogens with zero attached hydrogens (tertiary/aromatic N) is 4. The van der Waals surface area contributed by atoms with Gasteiger partial charge in [-0.25, -0.2) is 9.97 Å².